The lowest BCUT2D eigenvalue weighted by Crippen LogP contribution is -2.30. The van der Waals surface area contributed by atoms with Gasteiger partial charge in [0.25, 0.3) is 0 Å². The molecule has 1 aromatic heterocycles. The normalized spacial score (nSPS) is 19.0. The number of H-pyrrole nitrogens is 1. The Hall–Kier alpha value is -3.40. The largest absolute Gasteiger partial charge is 0.495 e. The molecule has 1 aliphatic carbocycles. The number of aryl methyl sites for hydroxylation is 1. The van der Waals surface area contributed by atoms with E-state index in [1.807, 2.05) is 43.3 Å². The van der Waals surface area contributed by atoms with Gasteiger partial charge in [0.2, 0.25) is 11.5 Å². The van der Waals surface area contributed by atoms with E-state index in [2.05, 4.69) is 48.7 Å². The monoisotopic (exact) mass is 397 g/mol. The van der Waals surface area contributed by atoms with E-state index in [1.54, 1.807) is 7.11 Å². The molecular weight excluding hydrogens is 372 g/mol. The van der Waals surface area contributed by atoms with Crippen molar-refractivity contribution in [2.45, 2.75) is 26.2 Å². The van der Waals surface area contributed by atoms with E-state index < -0.39 is 0 Å². The summed E-state index contributed by atoms with van der Waals surface area (Å²) in [5.74, 6) is 0.702. The number of hydrogen-bond donors (Lipinski definition) is 1. The molecule has 0 bridgehead atoms. The highest BCUT2D eigenvalue weighted by atomic mass is 16.5. The molecule has 5 rings (SSSR count). The van der Waals surface area contributed by atoms with Crippen molar-refractivity contribution in [1.82, 2.24) is 4.98 Å². The first-order valence-electron chi connectivity index (χ1n) is 10.2. The molecule has 0 atom stereocenters. The number of ketones is 1. The second-order valence-corrected chi connectivity index (χ2v) is 8.55. The summed E-state index contributed by atoms with van der Waals surface area (Å²) in [5.41, 5.74) is 7.59. The number of Topliss-reactive ketones (excluding diaryl/α,β-unsaturated/α-hetero) is 1. The third-order valence-electron chi connectivity index (χ3n) is 6.51. The fourth-order valence-corrected chi connectivity index (χ4v) is 4.98. The lowest BCUT2D eigenvalue weighted by molar-refractivity contribution is -0.401. The van der Waals surface area contributed by atoms with Crippen LogP contribution in [-0.4, -0.2) is 35.2 Å². The Morgan fingerprint density at radius 1 is 1.07 bits per heavy atom. The minimum Gasteiger partial charge on any atom is -0.495 e. The number of nitrogens with zero attached hydrogens (tertiary/aromatic N) is 1. The minimum atomic E-state index is -0.191. The van der Waals surface area contributed by atoms with E-state index in [0.29, 0.717) is 16.9 Å². The SMILES string of the molecule is COC1=C(c2c(C)[nH]c3ccccc23)C(=O)C1=CC1=[N+](C)c2ccccc2C1(C)C. The molecule has 4 heteroatoms. The second kappa shape index (κ2) is 6.30. The number of carbonyl (C=O) groups excluding carboxylic acids is 1. The molecule has 1 N–H and O–H groups in total. The van der Waals surface area contributed by atoms with Crippen LogP contribution >= 0.6 is 0 Å². The maximum atomic E-state index is 13.4. The molecule has 2 aliphatic rings. The van der Waals surface area contributed by atoms with Crippen molar-refractivity contribution >= 4 is 33.7 Å². The molecule has 2 aromatic carbocycles. The standard InChI is InChI=1S/C26H24N2O2/c1-15-22(16-10-6-8-12-19(16)27-15)23-24(29)17(25(23)30-5)14-21-26(2,3)18-11-7-9-13-20(18)28(21)4/h6-14H,1-5H3/p+1. The van der Waals surface area contributed by atoms with E-state index in [0.717, 1.165) is 27.9 Å². The number of nitrogens with one attached hydrogen (secondary N) is 1. The highest BCUT2D eigenvalue weighted by Crippen LogP contribution is 2.44. The van der Waals surface area contributed by atoms with Crippen molar-refractivity contribution in [3.8, 4) is 0 Å². The first-order valence-corrected chi connectivity index (χ1v) is 10.2. The van der Waals surface area contributed by atoms with Crippen molar-refractivity contribution in [3.63, 3.8) is 0 Å². The maximum absolute atomic E-state index is 13.4. The first kappa shape index (κ1) is 18.6. The average molecular weight is 397 g/mol. The Balaban J connectivity index is 1.67. The van der Waals surface area contributed by atoms with Crippen LogP contribution in [0.15, 0.2) is 65.9 Å². The molecule has 2 heterocycles. The number of methoxy groups -OCH3 is 1. The van der Waals surface area contributed by atoms with Crippen LogP contribution in [0.1, 0.15) is 30.7 Å². The van der Waals surface area contributed by atoms with E-state index in [9.17, 15) is 4.79 Å². The van der Waals surface area contributed by atoms with Crippen molar-refractivity contribution in [3.05, 3.63) is 82.8 Å². The Labute approximate surface area is 176 Å². The molecule has 150 valence electrons. The number of hydrogen-bond acceptors (Lipinski definition) is 2. The number of rotatable bonds is 3. The number of ether oxygens (including phenoxy) is 1. The van der Waals surface area contributed by atoms with Crippen LogP contribution in [0.25, 0.3) is 16.5 Å². The van der Waals surface area contributed by atoms with Gasteiger partial charge in [0.15, 0.2) is 5.71 Å². The summed E-state index contributed by atoms with van der Waals surface area (Å²) in [6.45, 7) is 6.40. The zero-order valence-electron chi connectivity index (χ0n) is 18.0. The second-order valence-electron chi connectivity index (χ2n) is 8.55. The van der Waals surface area contributed by atoms with E-state index >= 15 is 0 Å². The molecule has 0 spiro atoms. The lowest BCUT2D eigenvalue weighted by atomic mass is 9.77. The number of para-hydroxylation sites is 2. The van der Waals surface area contributed by atoms with Gasteiger partial charge in [-0.05, 0) is 26.8 Å². The van der Waals surface area contributed by atoms with Crippen LogP contribution < -0.4 is 0 Å². The molecule has 0 radical (unpaired) electrons. The minimum absolute atomic E-state index is 0.0346. The van der Waals surface area contributed by atoms with E-state index in [-0.39, 0.29) is 11.2 Å². The summed E-state index contributed by atoms with van der Waals surface area (Å²) in [6, 6.07) is 16.5. The Kier molecular flexibility index (Phi) is 3.91. The number of allylic oxidation sites excluding steroid dienone is 3. The van der Waals surface area contributed by atoms with E-state index in [4.69, 9.17) is 4.74 Å². The number of aromatic amines is 1. The van der Waals surface area contributed by atoms with Gasteiger partial charge in [0.05, 0.1) is 23.7 Å². The summed E-state index contributed by atoms with van der Waals surface area (Å²) in [6.07, 6.45) is 2.01. The Bertz CT molecular complexity index is 1330. The lowest BCUT2D eigenvalue weighted by Gasteiger charge is -2.25. The molecule has 30 heavy (non-hydrogen) atoms. The van der Waals surface area contributed by atoms with Gasteiger partial charge in [-0.2, -0.15) is 4.58 Å². The summed E-state index contributed by atoms with van der Waals surface area (Å²) in [7, 11) is 3.70. The van der Waals surface area contributed by atoms with Gasteiger partial charge in [0, 0.05) is 39.9 Å². The smallest absolute Gasteiger partial charge is 0.209 e. The molecule has 3 aromatic rings. The highest BCUT2D eigenvalue weighted by Gasteiger charge is 2.46. The predicted molar refractivity (Wildman–Crippen MR) is 120 cm³/mol. The van der Waals surface area contributed by atoms with Gasteiger partial charge in [-0.1, -0.05) is 36.4 Å². The maximum Gasteiger partial charge on any atom is 0.209 e. The number of carbonyl (C=O) groups is 1. The van der Waals surface area contributed by atoms with Crippen molar-refractivity contribution < 1.29 is 14.1 Å². The molecule has 1 aliphatic heterocycles. The van der Waals surface area contributed by atoms with Crippen LogP contribution in [0.5, 0.6) is 0 Å². The molecule has 4 nitrogen and oxygen atoms in total. The Morgan fingerprint density at radius 2 is 1.77 bits per heavy atom. The average Bonchev–Trinajstić information content (AvgIpc) is 3.15. The van der Waals surface area contributed by atoms with Crippen LogP contribution in [0.4, 0.5) is 5.69 Å². The van der Waals surface area contributed by atoms with Crippen molar-refractivity contribution in [1.29, 1.82) is 0 Å². The summed E-state index contributed by atoms with van der Waals surface area (Å²) < 4.78 is 7.92. The zero-order chi connectivity index (χ0) is 21.2. The van der Waals surface area contributed by atoms with Gasteiger partial charge >= 0.3 is 0 Å². The van der Waals surface area contributed by atoms with Gasteiger partial charge in [-0.15, -0.1) is 0 Å². The first-order chi connectivity index (χ1) is 14.4. The van der Waals surface area contributed by atoms with Gasteiger partial charge in [-0.3, -0.25) is 4.79 Å². The van der Waals surface area contributed by atoms with Crippen LogP contribution in [0.3, 0.4) is 0 Å². The van der Waals surface area contributed by atoms with E-state index in [1.165, 1.54) is 11.3 Å². The molecule has 0 saturated carbocycles. The molecule has 0 amide bonds. The van der Waals surface area contributed by atoms with Crippen LogP contribution in [-0.2, 0) is 14.9 Å². The van der Waals surface area contributed by atoms with Gasteiger partial charge < -0.3 is 9.72 Å². The van der Waals surface area contributed by atoms with Crippen LogP contribution in [0.2, 0.25) is 0 Å². The predicted octanol–water partition coefficient (Wildman–Crippen LogP) is 5.05. The fraction of sp³-hybridized carbons (Fsp3) is 0.231. The van der Waals surface area contributed by atoms with Crippen LogP contribution in [0, 0.1) is 6.92 Å². The Morgan fingerprint density at radius 3 is 2.50 bits per heavy atom. The fourth-order valence-electron chi connectivity index (χ4n) is 4.98. The molecule has 0 unspecified atom stereocenters. The van der Waals surface area contributed by atoms with Crippen molar-refractivity contribution in [2.75, 3.05) is 14.2 Å². The van der Waals surface area contributed by atoms with Crippen molar-refractivity contribution in [2.24, 2.45) is 0 Å². The summed E-state index contributed by atoms with van der Waals surface area (Å²) in [4.78, 5) is 16.7. The molecule has 0 fully saturated rings. The third kappa shape index (κ3) is 2.34. The number of fused-ring (bicyclic) bond motifs is 2. The number of aromatic nitrogens is 1. The van der Waals surface area contributed by atoms with Gasteiger partial charge in [-0.25, -0.2) is 0 Å². The topological polar surface area (TPSA) is 45.1 Å². The number of benzene rings is 2. The highest BCUT2D eigenvalue weighted by molar-refractivity contribution is 6.41. The van der Waals surface area contributed by atoms with Gasteiger partial charge in [0.1, 0.15) is 12.8 Å². The third-order valence-corrected chi connectivity index (χ3v) is 6.51. The summed E-state index contributed by atoms with van der Waals surface area (Å²) in [5, 5.41) is 1.05. The zero-order valence-corrected chi connectivity index (χ0v) is 18.0. The quantitative estimate of drug-likeness (QED) is 0.497. The molecule has 0 saturated heterocycles. The molecular formula is C26H25N2O2+. The summed E-state index contributed by atoms with van der Waals surface area (Å²) >= 11 is 0.